The molecule has 0 bridgehead atoms. The highest BCUT2D eigenvalue weighted by molar-refractivity contribution is 6.09. The molecule has 192 valence electrons. The van der Waals surface area contributed by atoms with Crippen LogP contribution in [0.4, 0.5) is 5.69 Å². The lowest BCUT2D eigenvalue weighted by Crippen LogP contribution is -2.39. The van der Waals surface area contributed by atoms with Crippen molar-refractivity contribution in [2.24, 2.45) is 5.73 Å². The lowest BCUT2D eigenvalue weighted by atomic mass is 9.76. The van der Waals surface area contributed by atoms with Gasteiger partial charge in [-0.1, -0.05) is 25.0 Å². The summed E-state index contributed by atoms with van der Waals surface area (Å²) in [6.45, 7) is 0.406. The van der Waals surface area contributed by atoms with Crippen molar-refractivity contribution in [3.63, 3.8) is 0 Å². The summed E-state index contributed by atoms with van der Waals surface area (Å²) >= 11 is 0. The molecule has 3 aromatic rings. The number of ether oxygens (including phenoxy) is 1. The highest BCUT2D eigenvalue weighted by Gasteiger charge is 2.38. The van der Waals surface area contributed by atoms with Crippen molar-refractivity contribution in [3.8, 4) is 11.4 Å². The van der Waals surface area contributed by atoms with Crippen molar-refractivity contribution < 1.29 is 19.1 Å². The normalized spacial score (nSPS) is 16.4. The minimum Gasteiger partial charge on any atom is -0.497 e. The maximum Gasteiger partial charge on any atom is 0.277 e. The van der Waals surface area contributed by atoms with Crippen LogP contribution < -0.4 is 20.7 Å². The molecule has 1 fully saturated rings. The van der Waals surface area contributed by atoms with Crippen molar-refractivity contribution in [2.45, 2.75) is 43.9 Å². The first-order chi connectivity index (χ1) is 17.9. The lowest BCUT2D eigenvalue weighted by molar-refractivity contribution is -0.121. The first-order valence-corrected chi connectivity index (χ1v) is 12.6. The number of nitrogens with two attached hydrogens (primary N) is 1. The van der Waals surface area contributed by atoms with Crippen LogP contribution in [0, 0.1) is 0 Å². The van der Waals surface area contributed by atoms with Crippen LogP contribution in [0.3, 0.4) is 0 Å². The Balaban J connectivity index is 1.48. The van der Waals surface area contributed by atoms with Gasteiger partial charge in [-0.05, 0) is 61.2 Å². The smallest absolute Gasteiger partial charge is 0.277 e. The fraction of sp³-hybridized carbons (Fsp3) is 0.357. The van der Waals surface area contributed by atoms with Crippen molar-refractivity contribution in [3.05, 3.63) is 71.0 Å². The van der Waals surface area contributed by atoms with E-state index in [1.54, 1.807) is 43.3 Å². The van der Waals surface area contributed by atoms with E-state index in [4.69, 9.17) is 10.5 Å². The predicted octanol–water partition coefficient (Wildman–Crippen LogP) is 3.13. The fourth-order valence-corrected chi connectivity index (χ4v) is 5.72. The van der Waals surface area contributed by atoms with E-state index in [1.165, 1.54) is 4.68 Å². The molecule has 5 rings (SSSR count). The third-order valence-electron chi connectivity index (χ3n) is 7.70. The number of primary amides is 1. The number of carbonyl (C=O) groups is 3. The Morgan fingerprint density at radius 1 is 1.05 bits per heavy atom. The van der Waals surface area contributed by atoms with Gasteiger partial charge in [0.25, 0.3) is 11.8 Å². The average Bonchev–Trinajstić information content (AvgIpc) is 3.55. The molecule has 0 unspecified atom stereocenters. The van der Waals surface area contributed by atoms with Gasteiger partial charge in [0.05, 0.1) is 12.8 Å². The topological polar surface area (TPSA) is 120 Å². The molecule has 37 heavy (non-hydrogen) atoms. The molecular weight excluding hydrogens is 470 g/mol. The molecular formula is C28H31N5O4. The second-order valence-corrected chi connectivity index (χ2v) is 9.74. The SMILES string of the molecule is CNC(=O)CC1(c2ccc(N3CCc4c(C(N)=O)nn(-c5ccc(OC)cc5)c4C3=O)cc2)CCCC1. The van der Waals surface area contributed by atoms with Crippen LogP contribution >= 0.6 is 0 Å². The Hall–Kier alpha value is -4.14. The van der Waals surface area contributed by atoms with Crippen LogP contribution in [-0.2, 0) is 16.6 Å². The number of hydrogen-bond acceptors (Lipinski definition) is 5. The van der Waals surface area contributed by atoms with Gasteiger partial charge in [0.1, 0.15) is 11.4 Å². The standard InChI is InChI=1S/C28H31N5O4/c1-30-23(34)17-28(14-3-4-15-28)18-5-7-19(8-6-18)32-16-13-22-24(26(29)35)31-33(25(22)27(32)36)20-9-11-21(37-2)12-10-20/h5-12H,3-4,13-17H2,1-2H3,(H2,29,35)(H,30,34). The molecule has 0 radical (unpaired) electrons. The van der Waals surface area contributed by atoms with Crippen LogP contribution in [0.1, 0.15) is 64.2 Å². The summed E-state index contributed by atoms with van der Waals surface area (Å²) in [6, 6.07) is 15.1. The number of methoxy groups -OCH3 is 1. The van der Waals surface area contributed by atoms with E-state index in [2.05, 4.69) is 10.4 Å². The number of aromatic nitrogens is 2. The molecule has 2 heterocycles. The second kappa shape index (κ2) is 9.72. The van der Waals surface area contributed by atoms with Crippen molar-refractivity contribution in [2.75, 3.05) is 25.6 Å². The minimum absolute atomic E-state index is 0.0433. The molecule has 1 aliphatic carbocycles. The Labute approximate surface area is 215 Å². The molecule has 9 heteroatoms. The van der Waals surface area contributed by atoms with Crippen molar-refractivity contribution >= 4 is 23.4 Å². The summed E-state index contributed by atoms with van der Waals surface area (Å²) in [5.41, 5.74) is 8.98. The zero-order valence-corrected chi connectivity index (χ0v) is 21.1. The van der Waals surface area contributed by atoms with Crippen LogP contribution in [0.25, 0.3) is 5.69 Å². The van der Waals surface area contributed by atoms with Crippen LogP contribution in [-0.4, -0.2) is 48.2 Å². The number of hydrogen-bond donors (Lipinski definition) is 2. The maximum absolute atomic E-state index is 13.8. The van der Waals surface area contributed by atoms with Gasteiger partial charge in [0.15, 0.2) is 5.69 Å². The van der Waals surface area contributed by atoms with Gasteiger partial charge in [0, 0.05) is 36.7 Å². The maximum atomic E-state index is 13.8. The Morgan fingerprint density at radius 3 is 2.30 bits per heavy atom. The third kappa shape index (κ3) is 4.34. The van der Waals surface area contributed by atoms with Gasteiger partial charge in [-0.2, -0.15) is 5.10 Å². The predicted molar refractivity (Wildman–Crippen MR) is 139 cm³/mol. The largest absolute Gasteiger partial charge is 0.497 e. The summed E-state index contributed by atoms with van der Waals surface area (Å²) < 4.78 is 6.73. The van der Waals surface area contributed by atoms with Crippen molar-refractivity contribution in [1.82, 2.24) is 15.1 Å². The third-order valence-corrected chi connectivity index (χ3v) is 7.70. The fourth-order valence-electron chi connectivity index (χ4n) is 5.72. The first kappa shape index (κ1) is 24.5. The lowest BCUT2D eigenvalue weighted by Gasteiger charge is -2.31. The zero-order valence-electron chi connectivity index (χ0n) is 21.1. The minimum atomic E-state index is -0.660. The number of anilines is 1. The molecule has 0 atom stereocenters. The van der Waals surface area contributed by atoms with Gasteiger partial charge in [0.2, 0.25) is 5.91 Å². The number of nitrogens with zero attached hydrogens (tertiary/aromatic N) is 3. The Bertz CT molecular complexity index is 1340. The summed E-state index contributed by atoms with van der Waals surface area (Å²) in [5.74, 6) is -0.191. The van der Waals surface area contributed by atoms with Gasteiger partial charge >= 0.3 is 0 Å². The highest BCUT2D eigenvalue weighted by atomic mass is 16.5. The van der Waals surface area contributed by atoms with Crippen molar-refractivity contribution in [1.29, 1.82) is 0 Å². The number of nitrogens with one attached hydrogen (secondary N) is 1. The number of amides is 3. The highest BCUT2D eigenvalue weighted by Crippen LogP contribution is 2.44. The van der Waals surface area contributed by atoms with E-state index in [0.717, 1.165) is 36.9 Å². The van der Waals surface area contributed by atoms with E-state index in [9.17, 15) is 14.4 Å². The van der Waals surface area contributed by atoms with Crippen LogP contribution in [0.2, 0.25) is 0 Å². The molecule has 1 aromatic heterocycles. The number of carbonyl (C=O) groups excluding carboxylic acids is 3. The van der Waals surface area contributed by atoms with E-state index in [-0.39, 0.29) is 22.9 Å². The van der Waals surface area contributed by atoms with Gasteiger partial charge in [-0.25, -0.2) is 4.68 Å². The molecule has 9 nitrogen and oxygen atoms in total. The zero-order chi connectivity index (χ0) is 26.2. The first-order valence-electron chi connectivity index (χ1n) is 12.6. The van der Waals surface area contributed by atoms with Crippen LogP contribution in [0.5, 0.6) is 5.75 Å². The van der Waals surface area contributed by atoms with E-state index in [1.807, 2.05) is 24.3 Å². The quantitative estimate of drug-likeness (QED) is 0.516. The molecule has 2 aliphatic rings. The molecule has 0 saturated heterocycles. The van der Waals surface area contributed by atoms with E-state index in [0.29, 0.717) is 42.1 Å². The monoisotopic (exact) mass is 501 g/mol. The summed E-state index contributed by atoms with van der Waals surface area (Å²) in [5, 5.41) is 7.18. The molecule has 2 aromatic carbocycles. The summed E-state index contributed by atoms with van der Waals surface area (Å²) in [6.07, 6.45) is 5.07. The molecule has 3 N–H and O–H groups in total. The molecule has 1 saturated carbocycles. The number of rotatable bonds is 7. The number of benzene rings is 2. The average molecular weight is 502 g/mol. The van der Waals surface area contributed by atoms with Gasteiger partial charge in [-0.3, -0.25) is 14.4 Å². The Kier molecular flexibility index (Phi) is 6.45. The summed E-state index contributed by atoms with van der Waals surface area (Å²) in [4.78, 5) is 39.9. The Morgan fingerprint density at radius 2 is 1.70 bits per heavy atom. The van der Waals surface area contributed by atoms with Gasteiger partial charge < -0.3 is 20.7 Å². The van der Waals surface area contributed by atoms with E-state index >= 15 is 0 Å². The second-order valence-electron chi connectivity index (χ2n) is 9.74. The summed E-state index contributed by atoms with van der Waals surface area (Å²) in [7, 11) is 3.25. The van der Waals surface area contributed by atoms with Crippen LogP contribution in [0.15, 0.2) is 48.5 Å². The molecule has 3 amide bonds. The molecule has 0 spiro atoms. The molecule has 1 aliphatic heterocycles. The van der Waals surface area contributed by atoms with Gasteiger partial charge in [-0.15, -0.1) is 0 Å². The number of fused-ring (bicyclic) bond motifs is 1. The van der Waals surface area contributed by atoms with E-state index < -0.39 is 5.91 Å².